The molecule has 2 aliphatic heterocycles. The molecule has 2 heterocycles. The van der Waals surface area contributed by atoms with Crippen LogP contribution in [0.4, 0.5) is 0 Å². The van der Waals surface area contributed by atoms with Gasteiger partial charge in [-0.1, -0.05) is 0 Å². The van der Waals surface area contributed by atoms with E-state index in [2.05, 4.69) is 10.6 Å². The predicted molar refractivity (Wildman–Crippen MR) is 83.7 cm³/mol. The highest BCUT2D eigenvalue weighted by Crippen LogP contribution is 2.36. The highest BCUT2D eigenvalue weighted by atomic mass is 32.2. The largest absolute Gasteiger partial charge is 0.372 e. The smallest absolute Gasteiger partial charge is 0.239 e. The third-order valence-corrected chi connectivity index (χ3v) is 5.19. The Balaban J connectivity index is 1.36. The number of thioether (sulfide) groups is 1. The van der Waals surface area contributed by atoms with E-state index in [1.54, 1.807) is 22.7 Å². The van der Waals surface area contributed by atoms with Crippen LogP contribution < -0.4 is 10.6 Å². The van der Waals surface area contributed by atoms with E-state index in [4.69, 9.17) is 0 Å². The van der Waals surface area contributed by atoms with Gasteiger partial charge >= 0.3 is 0 Å². The highest BCUT2D eigenvalue weighted by Gasteiger charge is 2.26. The molecule has 6 nitrogen and oxygen atoms in total. The molecule has 1 fully saturated rings. The zero-order valence-electron chi connectivity index (χ0n) is 12.3. The van der Waals surface area contributed by atoms with Crippen LogP contribution in [0.5, 0.6) is 0 Å². The van der Waals surface area contributed by atoms with Crippen LogP contribution in [0.25, 0.3) is 0 Å². The fraction of sp³-hybridized carbons (Fsp3) is 0.533. The molecule has 118 valence electrons. The first-order valence-corrected chi connectivity index (χ1v) is 8.41. The molecular weight excluding hydrogens is 302 g/mol. The third kappa shape index (κ3) is 3.52. The number of rotatable bonds is 5. The van der Waals surface area contributed by atoms with Crippen LogP contribution in [-0.2, 0) is 14.4 Å². The SMILES string of the molecule is O=C1C=CC2=C(C1)SC(CCNC(=O)CN1CCCC1=O)N2. The van der Waals surface area contributed by atoms with Crippen molar-refractivity contribution in [1.29, 1.82) is 0 Å². The van der Waals surface area contributed by atoms with E-state index >= 15 is 0 Å². The lowest BCUT2D eigenvalue weighted by Gasteiger charge is -2.16. The molecule has 0 aromatic heterocycles. The van der Waals surface area contributed by atoms with Crippen LogP contribution in [0.2, 0.25) is 0 Å². The first-order valence-electron chi connectivity index (χ1n) is 7.53. The molecule has 0 spiro atoms. The summed E-state index contributed by atoms with van der Waals surface area (Å²) in [6.07, 6.45) is 6.08. The van der Waals surface area contributed by atoms with Gasteiger partial charge in [-0.25, -0.2) is 0 Å². The van der Waals surface area contributed by atoms with E-state index in [9.17, 15) is 14.4 Å². The number of nitrogens with zero attached hydrogens (tertiary/aromatic N) is 1. The summed E-state index contributed by atoms with van der Waals surface area (Å²) >= 11 is 1.66. The zero-order chi connectivity index (χ0) is 15.5. The normalized spacial score (nSPS) is 23.8. The van der Waals surface area contributed by atoms with Gasteiger partial charge in [0.2, 0.25) is 11.8 Å². The summed E-state index contributed by atoms with van der Waals surface area (Å²) in [5, 5.41) is 6.40. The van der Waals surface area contributed by atoms with Gasteiger partial charge in [0, 0.05) is 36.5 Å². The first-order chi connectivity index (χ1) is 10.6. The van der Waals surface area contributed by atoms with E-state index in [0.717, 1.165) is 23.4 Å². The maximum Gasteiger partial charge on any atom is 0.239 e. The van der Waals surface area contributed by atoms with Crippen LogP contribution in [0, 0.1) is 0 Å². The lowest BCUT2D eigenvalue weighted by atomic mass is 10.1. The molecular formula is C15H19N3O3S. The Morgan fingerprint density at radius 1 is 1.41 bits per heavy atom. The second kappa shape index (κ2) is 6.56. The Morgan fingerprint density at radius 3 is 3.05 bits per heavy atom. The van der Waals surface area contributed by atoms with Crippen molar-refractivity contribution < 1.29 is 14.4 Å². The molecule has 0 aromatic rings. The van der Waals surface area contributed by atoms with Crippen molar-refractivity contribution in [3.05, 3.63) is 22.8 Å². The van der Waals surface area contributed by atoms with Crippen LogP contribution in [0.15, 0.2) is 22.8 Å². The lowest BCUT2D eigenvalue weighted by Crippen LogP contribution is -2.39. The van der Waals surface area contributed by atoms with Gasteiger partial charge in [-0.3, -0.25) is 14.4 Å². The van der Waals surface area contributed by atoms with Gasteiger partial charge in [0.05, 0.1) is 11.9 Å². The van der Waals surface area contributed by atoms with Crippen molar-refractivity contribution in [3.63, 3.8) is 0 Å². The third-order valence-electron chi connectivity index (χ3n) is 3.91. The molecule has 7 heteroatoms. The average Bonchev–Trinajstić information content (AvgIpc) is 3.05. The number of ketones is 1. The van der Waals surface area contributed by atoms with E-state index in [1.165, 1.54) is 0 Å². The number of carbonyl (C=O) groups is 3. The van der Waals surface area contributed by atoms with Gasteiger partial charge in [-0.2, -0.15) is 0 Å². The van der Waals surface area contributed by atoms with Crippen LogP contribution in [0.3, 0.4) is 0 Å². The van der Waals surface area contributed by atoms with Gasteiger partial charge in [-0.05, 0) is 25.0 Å². The second-order valence-corrected chi connectivity index (χ2v) is 6.92. The van der Waals surface area contributed by atoms with Crippen molar-refractivity contribution in [1.82, 2.24) is 15.5 Å². The number of carbonyl (C=O) groups excluding carboxylic acids is 3. The Bertz CT molecular complexity index is 570. The second-order valence-electron chi connectivity index (χ2n) is 5.62. The summed E-state index contributed by atoms with van der Waals surface area (Å²) in [4.78, 5) is 37.3. The Labute approximate surface area is 133 Å². The molecule has 0 aromatic carbocycles. The molecule has 22 heavy (non-hydrogen) atoms. The molecule has 3 rings (SSSR count). The van der Waals surface area contributed by atoms with Gasteiger partial charge in [0.15, 0.2) is 5.78 Å². The fourth-order valence-electron chi connectivity index (χ4n) is 2.76. The summed E-state index contributed by atoms with van der Waals surface area (Å²) < 4.78 is 0. The van der Waals surface area contributed by atoms with E-state index in [-0.39, 0.29) is 29.5 Å². The molecule has 1 atom stereocenters. The van der Waals surface area contributed by atoms with Gasteiger partial charge < -0.3 is 15.5 Å². The van der Waals surface area contributed by atoms with Crippen molar-refractivity contribution >= 4 is 29.4 Å². The number of hydrogen-bond donors (Lipinski definition) is 2. The Kier molecular flexibility index (Phi) is 4.52. The zero-order valence-corrected chi connectivity index (χ0v) is 13.1. The van der Waals surface area contributed by atoms with Crippen LogP contribution >= 0.6 is 11.8 Å². The lowest BCUT2D eigenvalue weighted by molar-refractivity contribution is -0.133. The van der Waals surface area contributed by atoms with Crippen LogP contribution in [0.1, 0.15) is 25.7 Å². The topological polar surface area (TPSA) is 78.5 Å². The fourth-order valence-corrected chi connectivity index (χ4v) is 4.01. The van der Waals surface area contributed by atoms with E-state index < -0.39 is 0 Å². The average molecular weight is 321 g/mol. The molecule has 2 N–H and O–H groups in total. The number of hydrogen-bond acceptors (Lipinski definition) is 5. The van der Waals surface area contributed by atoms with Crippen LogP contribution in [-0.4, -0.2) is 47.5 Å². The number of nitrogens with one attached hydrogen (secondary N) is 2. The number of allylic oxidation sites excluding steroid dienone is 3. The van der Waals surface area contributed by atoms with E-state index in [1.807, 2.05) is 6.08 Å². The summed E-state index contributed by atoms with van der Waals surface area (Å²) in [6, 6.07) is 0. The number of amides is 2. The highest BCUT2D eigenvalue weighted by molar-refractivity contribution is 8.03. The van der Waals surface area contributed by atoms with E-state index in [0.29, 0.717) is 25.9 Å². The molecule has 1 unspecified atom stereocenters. The van der Waals surface area contributed by atoms with Crippen molar-refractivity contribution in [2.75, 3.05) is 19.6 Å². The van der Waals surface area contributed by atoms with Crippen molar-refractivity contribution in [2.45, 2.75) is 31.1 Å². The summed E-state index contributed by atoms with van der Waals surface area (Å²) in [6.45, 7) is 1.41. The van der Waals surface area contributed by atoms with Gasteiger partial charge in [-0.15, -0.1) is 11.8 Å². The minimum Gasteiger partial charge on any atom is -0.372 e. The van der Waals surface area contributed by atoms with Crippen molar-refractivity contribution in [2.24, 2.45) is 0 Å². The van der Waals surface area contributed by atoms with Crippen molar-refractivity contribution in [3.8, 4) is 0 Å². The molecule has 0 bridgehead atoms. The Hall–Kier alpha value is -1.76. The Morgan fingerprint density at radius 2 is 2.27 bits per heavy atom. The first kappa shape index (κ1) is 15.1. The minimum atomic E-state index is -0.106. The molecule has 3 aliphatic rings. The minimum absolute atomic E-state index is 0.0662. The molecule has 0 saturated carbocycles. The van der Waals surface area contributed by atoms with Gasteiger partial charge in [0.1, 0.15) is 0 Å². The quantitative estimate of drug-likeness (QED) is 0.772. The van der Waals surface area contributed by atoms with Gasteiger partial charge in [0.25, 0.3) is 0 Å². The summed E-state index contributed by atoms with van der Waals surface area (Å²) in [7, 11) is 0. The predicted octanol–water partition coefficient (Wildman–Crippen LogP) is 0.518. The summed E-state index contributed by atoms with van der Waals surface area (Å²) in [5.41, 5.74) is 1.03. The summed E-state index contributed by atoms with van der Waals surface area (Å²) in [5.74, 6) is 0.0971. The maximum atomic E-state index is 11.8. The molecule has 1 aliphatic carbocycles. The standard InChI is InChI=1S/C15H19N3O3S/c19-10-3-4-11-12(8-10)22-14(17-11)5-6-16-13(20)9-18-7-1-2-15(18)21/h3-4,14,17H,1-2,5-9H2,(H,16,20). The molecule has 2 amide bonds. The molecule has 0 radical (unpaired) electrons. The maximum absolute atomic E-state index is 11.8. The monoisotopic (exact) mass is 321 g/mol. The molecule has 1 saturated heterocycles. The number of likely N-dealkylation sites (tertiary alicyclic amines) is 1.